The van der Waals surface area contributed by atoms with E-state index in [4.69, 9.17) is 4.74 Å². The van der Waals surface area contributed by atoms with Gasteiger partial charge in [0.15, 0.2) is 6.61 Å². The minimum Gasteiger partial charge on any atom is -0.452 e. The molecule has 2 aromatic rings. The highest BCUT2D eigenvalue weighted by Gasteiger charge is 2.05. The highest BCUT2D eigenvalue weighted by atomic mass is 32.2. The maximum Gasteiger partial charge on any atom is 0.331 e. The highest BCUT2D eigenvalue weighted by Crippen LogP contribution is 2.15. The van der Waals surface area contributed by atoms with E-state index >= 15 is 0 Å². The lowest BCUT2D eigenvalue weighted by Gasteiger charge is -2.05. The maximum absolute atomic E-state index is 13.4. The van der Waals surface area contributed by atoms with Crippen molar-refractivity contribution in [3.05, 3.63) is 72.1 Å². The summed E-state index contributed by atoms with van der Waals surface area (Å²) >= 11 is 1.62. The fourth-order valence-corrected chi connectivity index (χ4v) is 2.67. The van der Waals surface area contributed by atoms with Gasteiger partial charge in [0.25, 0.3) is 5.91 Å². The van der Waals surface area contributed by atoms with Crippen molar-refractivity contribution in [2.45, 2.75) is 4.90 Å². The van der Waals surface area contributed by atoms with Crippen LogP contribution in [-0.4, -0.2) is 30.8 Å². The number of carbonyl (C=O) groups is 2. The summed E-state index contributed by atoms with van der Waals surface area (Å²) in [5.74, 6) is -0.782. The van der Waals surface area contributed by atoms with Crippen LogP contribution in [0.15, 0.2) is 65.6 Å². The number of halogens is 1. The van der Waals surface area contributed by atoms with E-state index in [1.54, 1.807) is 23.9 Å². The summed E-state index contributed by atoms with van der Waals surface area (Å²) in [6.07, 6.45) is 2.41. The number of thioether (sulfide) groups is 1. The van der Waals surface area contributed by atoms with Crippen LogP contribution in [0, 0.1) is 5.82 Å². The Bertz CT molecular complexity index is 734. The van der Waals surface area contributed by atoms with Crippen molar-refractivity contribution in [3.63, 3.8) is 0 Å². The molecule has 0 saturated heterocycles. The van der Waals surface area contributed by atoms with Crippen molar-refractivity contribution in [3.8, 4) is 0 Å². The number of nitrogens with one attached hydrogen (secondary N) is 1. The Hall–Kier alpha value is -2.60. The third kappa shape index (κ3) is 7.22. The Labute approximate surface area is 150 Å². The fourth-order valence-electron chi connectivity index (χ4n) is 1.88. The molecule has 0 heterocycles. The monoisotopic (exact) mass is 359 g/mol. The molecule has 130 valence electrons. The number of hydrogen-bond donors (Lipinski definition) is 1. The van der Waals surface area contributed by atoms with Crippen molar-refractivity contribution in [1.82, 2.24) is 5.32 Å². The maximum atomic E-state index is 13.4. The lowest BCUT2D eigenvalue weighted by Crippen LogP contribution is -2.30. The lowest BCUT2D eigenvalue weighted by molar-refractivity contribution is -0.143. The van der Waals surface area contributed by atoms with Crippen LogP contribution in [0.25, 0.3) is 6.08 Å². The third-order valence-electron chi connectivity index (χ3n) is 3.09. The molecule has 0 fully saturated rings. The van der Waals surface area contributed by atoms with Gasteiger partial charge in [0, 0.05) is 28.8 Å². The first-order valence-corrected chi connectivity index (χ1v) is 8.67. The van der Waals surface area contributed by atoms with Crippen LogP contribution in [0.3, 0.4) is 0 Å². The number of esters is 1. The van der Waals surface area contributed by atoms with Gasteiger partial charge in [-0.05, 0) is 24.3 Å². The van der Waals surface area contributed by atoms with E-state index in [0.717, 1.165) is 16.7 Å². The highest BCUT2D eigenvalue weighted by molar-refractivity contribution is 7.99. The second-order valence-corrected chi connectivity index (χ2v) is 6.14. The van der Waals surface area contributed by atoms with Crippen LogP contribution in [-0.2, 0) is 14.3 Å². The lowest BCUT2D eigenvalue weighted by atomic mass is 10.2. The third-order valence-corrected chi connectivity index (χ3v) is 4.10. The second-order valence-electron chi connectivity index (χ2n) is 4.97. The number of ether oxygens (including phenoxy) is 1. The Kier molecular flexibility index (Phi) is 7.72. The molecule has 2 aromatic carbocycles. The quantitative estimate of drug-likeness (QED) is 0.340. The molecule has 0 radical (unpaired) electrons. The SMILES string of the molecule is O=C(COC(=O)/C=C/c1ccccc1F)NCCSc1ccccc1. The molecular formula is C19H18FNO3S. The van der Waals surface area contributed by atoms with Crippen LogP contribution in [0.1, 0.15) is 5.56 Å². The van der Waals surface area contributed by atoms with E-state index in [-0.39, 0.29) is 18.1 Å². The van der Waals surface area contributed by atoms with Crippen molar-refractivity contribution in [2.24, 2.45) is 0 Å². The fraction of sp³-hybridized carbons (Fsp3) is 0.158. The first-order chi connectivity index (χ1) is 12.1. The Morgan fingerprint density at radius 1 is 1.08 bits per heavy atom. The topological polar surface area (TPSA) is 55.4 Å². The van der Waals surface area contributed by atoms with E-state index in [2.05, 4.69) is 5.32 Å². The van der Waals surface area contributed by atoms with Gasteiger partial charge in [-0.1, -0.05) is 36.4 Å². The predicted molar refractivity (Wildman–Crippen MR) is 96.6 cm³/mol. The van der Waals surface area contributed by atoms with E-state index in [1.807, 2.05) is 30.3 Å². The zero-order chi connectivity index (χ0) is 17.9. The molecule has 0 saturated carbocycles. The molecule has 0 unspecified atom stereocenters. The number of carbonyl (C=O) groups excluding carboxylic acids is 2. The zero-order valence-corrected chi connectivity index (χ0v) is 14.3. The first-order valence-electron chi connectivity index (χ1n) is 7.69. The first kappa shape index (κ1) is 18.7. The van der Waals surface area contributed by atoms with E-state index in [1.165, 1.54) is 18.2 Å². The van der Waals surface area contributed by atoms with Crippen molar-refractivity contribution in [1.29, 1.82) is 0 Å². The van der Waals surface area contributed by atoms with Crippen molar-refractivity contribution in [2.75, 3.05) is 18.9 Å². The molecule has 1 amide bonds. The minimum atomic E-state index is -0.697. The predicted octanol–water partition coefficient (Wildman–Crippen LogP) is 3.29. The van der Waals surface area contributed by atoms with E-state index < -0.39 is 11.8 Å². The Morgan fingerprint density at radius 2 is 1.80 bits per heavy atom. The number of hydrogen-bond acceptors (Lipinski definition) is 4. The molecule has 6 heteroatoms. The van der Waals surface area contributed by atoms with Gasteiger partial charge in [-0.3, -0.25) is 4.79 Å². The number of benzene rings is 2. The molecule has 4 nitrogen and oxygen atoms in total. The summed E-state index contributed by atoms with van der Waals surface area (Å²) in [5.41, 5.74) is 0.279. The molecule has 0 bridgehead atoms. The van der Waals surface area contributed by atoms with Crippen LogP contribution < -0.4 is 5.32 Å². The number of amides is 1. The van der Waals surface area contributed by atoms with Gasteiger partial charge < -0.3 is 10.1 Å². The van der Waals surface area contributed by atoms with Crippen LogP contribution >= 0.6 is 11.8 Å². The van der Waals surface area contributed by atoms with Gasteiger partial charge in [-0.15, -0.1) is 11.8 Å². The Balaban J connectivity index is 1.62. The van der Waals surface area contributed by atoms with Crippen LogP contribution in [0.2, 0.25) is 0 Å². The van der Waals surface area contributed by atoms with Gasteiger partial charge in [0.2, 0.25) is 0 Å². The summed E-state index contributed by atoms with van der Waals surface area (Å²) in [5, 5.41) is 2.67. The van der Waals surface area contributed by atoms with Gasteiger partial charge in [-0.2, -0.15) is 0 Å². The summed E-state index contributed by atoms with van der Waals surface area (Å²) in [7, 11) is 0. The standard InChI is InChI=1S/C19H18FNO3S/c20-17-9-5-4-6-15(17)10-11-19(23)24-14-18(22)21-12-13-25-16-7-2-1-3-8-16/h1-11H,12-14H2,(H,21,22)/b11-10+. The van der Waals surface area contributed by atoms with Crippen LogP contribution in [0.4, 0.5) is 4.39 Å². The summed E-state index contributed by atoms with van der Waals surface area (Å²) < 4.78 is 18.2. The van der Waals surface area contributed by atoms with Crippen LogP contribution in [0.5, 0.6) is 0 Å². The largest absolute Gasteiger partial charge is 0.452 e. The molecule has 0 aliphatic heterocycles. The normalized spacial score (nSPS) is 10.6. The van der Waals surface area contributed by atoms with Crippen molar-refractivity contribution >= 4 is 29.7 Å². The van der Waals surface area contributed by atoms with Gasteiger partial charge in [0.1, 0.15) is 5.82 Å². The average Bonchev–Trinajstić information content (AvgIpc) is 2.64. The van der Waals surface area contributed by atoms with Gasteiger partial charge >= 0.3 is 5.97 Å². The molecule has 25 heavy (non-hydrogen) atoms. The molecule has 1 N–H and O–H groups in total. The Morgan fingerprint density at radius 3 is 2.56 bits per heavy atom. The van der Waals surface area contributed by atoms with E-state index in [9.17, 15) is 14.0 Å². The molecule has 0 aromatic heterocycles. The minimum absolute atomic E-state index is 0.279. The molecule has 0 aliphatic carbocycles. The summed E-state index contributed by atoms with van der Waals surface area (Å²) in [6.45, 7) is 0.109. The molecule has 0 atom stereocenters. The average molecular weight is 359 g/mol. The second kappa shape index (κ2) is 10.3. The van der Waals surface area contributed by atoms with Gasteiger partial charge in [-0.25, -0.2) is 9.18 Å². The molecule has 2 rings (SSSR count). The molecule has 0 aliphatic rings. The molecular weight excluding hydrogens is 341 g/mol. The molecule has 0 spiro atoms. The summed E-state index contributed by atoms with van der Waals surface area (Å²) in [4.78, 5) is 24.3. The van der Waals surface area contributed by atoms with Gasteiger partial charge in [0.05, 0.1) is 0 Å². The van der Waals surface area contributed by atoms with E-state index in [0.29, 0.717) is 6.54 Å². The zero-order valence-electron chi connectivity index (χ0n) is 13.5. The van der Waals surface area contributed by atoms with Crippen molar-refractivity contribution < 1.29 is 18.7 Å². The summed E-state index contributed by atoms with van der Waals surface area (Å²) in [6, 6.07) is 15.9. The number of rotatable bonds is 8. The smallest absolute Gasteiger partial charge is 0.331 e.